The molecular formula is C29H29NO7. The minimum atomic E-state index is -0.858. The Morgan fingerprint density at radius 1 is 1.05 bits per heavy atom. The van der Waals surface area contributed by atoms with Gasteiger partial charge < -0.3 is 28.6 Å². The molecule has 5 rings (SSSR count). The predicted molar refractivity (Wildman–Crippen MR) is 136 cm³/mol. The zero-order valence-corrected chi connectivity index (χ0v) is 21.0. The van der Waals surface area contributed by atoms with Crippen molar-refractivity contribution in [2.45, 2.75) is 45.9 Å². The van der Waals surface area contributed by atoms with Crippen LogP contribution in [0.3, 0.4) is 0 Å². The van der Waals surface area contributed by atoms with Gasteiger partial charge in [0.05, 0.1) is 37.6 Å². The molecule has 3 heterocycles. The maximum Gasteiger partial charge on any atom is 0.296 e. The van der Waals surface area contributed by atoms with E-state index in [4.69, 9.17) is 18.6 Å². The van der Waals surface area contributed by atoms with Gasteiger partial charge >= 0.3 is 0 Å². The summed E-state index contributed by atoms with van der Waals surface area (Å²) in [5.41, 5.74) is 2.01. The topological polar surface area (TPSA) is 98.4 Å². The van der Waals surface area contributed by atoms with Crippen molar-refractivity contribution in [3.63, 3.8) is 0 Å². The third-order valence-electron chi connectivity index (χ3n) is 6.50. The minimum Gasteiger partial charge on any atom is -0.507 e. The Balaban J connectivity index is 1.64. The van der Waals surface area contributed by atoms with Gasteiger partial charge in [0.1, 0.15) is 23.4 Å². The summed E-state index contributed by atoms with van der Waals surface area (Å²) in [6, 6.07) is 13.2. The number of fused-ring (bicyclic) bond motifs is 1. The van der Waals surface area contributed by atoms with E-state index in [0.29, 0.717) is 48.0 Å². The fourth-order valence-electron chi connectivity index (χ4n) is 4.92. The smallest absolute Gasteiger partial charge is 0.296 e. The molecule has 0 aliphatic carbocycles. The molecule has 37 heavy (non-hydrogen) atoms. The van der Waals surface area contributed by atoms with E-state index in [-0.39, 0.29) is 24.0 Å². The molecule has 1 N–H and O–H groups in total. The van der Waals surface area contributed by atoms with Crippen molar-refractivity contribution in [2.24, 2.45) is 0 Å². The molecule has 1 saturated heterocycles. The number of carbonyl (C=O) groups is 2. The second-order valence-electron chi connectivity index (χ2n) is 9.03. The number of nitrogens with zero attached hydrogens (tertiary/aromatic N) is 1. The van der Waals surface area contributed by atoms with Crippen molar-refractivity contribution in [3.05, 3.63) is 82.8 Å². The number of ether oxygens (including phenoxy) is 3. The van der Waals surface area contributed by atoms with Crippen LogP contribution in [0.4, 0.5) is 0 Å². The minimum absolute atomic E-state index is 0.00933. The van der Waals surface area contributed by atoms with Gasteiger partial charge in [0.15, 0.2) is 11.5 Å². The van der Waals surface area contributed by atoms with Crippen LogP contribution in [0.15, 0.2) is 64.8 Å². The molecule has 2 aromatic carbocycles. The Hall–Kier alpha value is -4.20. The standard InChI is InChI=1S/C29H29NO7/c1-4-34-23-11-8-18(15-24(23)35-5-2)26-25(28(32)29(33)30(26)16-21-7-6-12-36-21)27(31)19-9-10-22-20(14-19)13-17(3)37-22/h6-12,14-15,17,26,31H,4-5,13,16H2,1-3H3. The van der Waals surface area contributed by atoms with Crippen LogP contribution in [0.25, 0.3) is 5.76 Å². The van der Waals surface area contributed by atoms with Gasteiger partial charge in [-0.15, -0.1) is 0 Å². The van der Waals surface area contributed by atoms with Crippen LogP contribution < -0.4 is 14.2 Å². The zero-order chi connectivity index (χ0) is 26.1. The van der Waals surface area contributed by atoms with E-state index in [0.717, 1.165) is 11.3 Å². The molecule has 2 atom stereocenters. The van der Waals surface area contributed by atoms with E-state index in [1.165, 1.54) is 11.2 Å². The second-order valence-corrected chi connectivity index (χ2v) is 9.03. The van der Waals surface area contributed by atoms with E-state index in [2.05, 4.69) is 0 Å². The summed E-state index contributed by atoms with van der Waals surface area (Å²) in [6.45, 7) is 6.64. The lowest BCUT2D eigenvalue weighted by Crippen LogP contribution is -2.29. The maximum atomic E-state index is 13.4. The van der Waals surface area contributed by atoms with Crippen molar-refractivity contribution in [1.82, 2.24) is 4.90 Å². The van der Waals surface area contributed by atoms with Crippen LogP contribution >= 0.6 is 0 Å². The molecule has 1 amide bonds. The van der Waals surface area contributed by atoms with E-state index in [1.807, 2.05) is 26.8 Å². The number of aliphatic hydroxyl groups excluding tert-OH is 1. The van der Waals surface area contributed by atoms with Gasteiger partial charge in [-0.1, -0.05) is 6.07 Å². The van der Waals surface area contributed by atoms with E-state index in [1.54, 1.807) is 42.5 Å². The third-order valence-corrected chi connectivity index (χ3v) is 6.50. The van der Waals surface area contributed by atoms with Crippen LogP contribution in [0.2, 0.25) is 0 Å². The summed E-state index contributed by atoms with van der Waals surface area (Å²) in [6.07, 6.45) is 2.24. The van der Waals surface area contributed by atoms with Crippen LogP contribution in [-0.2, 0) is 22.6 Å². The Morgan fingerprint density at radius 2 is 1.84 bits per heavy atom. The molecule has 2 aliphatic heterocycles. The second kappa shape index (κ2) is 10.0. The number of benzene rings is 2. The molecule has 0 bridgehead atoms. The van der Waals surface area contributed by atoms with Crippen molar-refractivity contribution >= 4 is 17.4 Å². The first-order chi connectivity index (χ1) is 17.9. The molecule has 8 nitrogen and oxygen atoms in total. The highest BCUT2D eigenvalue weighted by Gasteiger charge is 2.46. The zero-order valence-electron chi connectivity index (χ0n) is 21.0. The van der Waals surface area contributed by atoms with Crippen LogP contribution in [0, 0.1) is 0 Å². The van der Waals surface area contributed by atoms with Gasteiger partial charge in [-0.3, -0.25) is 9.59 Å². The average Bonchev–Trinajstić information content (AvgIpc) is 3.59. The summed E-state index contributed by atoms with van der Waals surface area (Å²) in [4.78, 5) is 28.1. The summed E-state index contributed by atoms with van der Waals surface area (Å²) in [5, 5.41) is 11.5. The van der Waals surface area contributed by atoms with Gasteiger partial charge in [0.25, 0.3) is 11.7 Å². The third kappa shape index (κ3) is 4.55. The van der Waals surface area contributed by atoms with Crippen molar-refractivity contribution in [2.75, 3.05) is 13.2 Å². The quantitative estimate of drug-likeness (QED) is 0.262. The molecule has 0 radical (unpaired) electrons. The van der Waals surface area contributed by atoms with Crippen LogP contribution in [0.1, 0.15) is 49.3 Å². The number of hydrogen-bond donors (Lipinski definition) is 1. The molecule has 3 aromatic rings. The van der Waals surface area contributed by atoms with Crippen LogP contribution in [-0.4, -0.2) is 41.0 Å². The van der Waals surface area contributed by atoms with Crippen molar-refractivity contribution in [1.29, 1.82) is 0 Å². The lowest BCUT2D eigenvalue weighted by molar-refractivity contribution is -0.140. The maximum absolute atomic E-state index is 13.4. The van der Waals surface area contributed by atoms with E-state index < -0.39 is 17.7 Å². The monoisotopic (exact) mass is 503 g/mol. The van der Waals surface area contributed by atoms with Crippen molar-refractivity contribution < 1.29 is 33.3 Å². The molecular weight excluding hydrogens is 474 g/mol. The number of furan rings is 1. The number of ketones is 1. The number of aliphatic hydroxyl groups is 1. The number of amides is 1. The largest absolute Gasteiger partial charge is 0.507 e. The van der Waals surface area contributed by atoms with E-state index in [9.17, 15) is 14.7 Å². The summed E-state index contributed by atoms with van der Waals surface area (Å²) in [7, 11) is 0. The molecule has 1 fully saturated rings. The highest BCUT2D eigenvalue weighted by atomic mass is 16.5. The Bertz CT molecular complexity index is 1360. The van der Waals surface area contributed by atoms with Gasteiger partial charge in [-0.2, -0.15) is 0 Å². The molecule has 192 valence electrons. The Labute approximate surface area is 215 Å². The van der Waals surface area contributed by atoms with Crippen molar-refractivity contribution in [3.8, 4) is 17.2 Å². The normalized spacial score (nSPS) is 20.1. The Kier molecular flexibility index (Phi) is 6.65. The Morgan fingerprint density at radius 3 is 2.57 bits per heavy atom. The van der Waals surface area contributed by atoms with E-state index >= 15 is 0 Å². The highest BCUT2D eigenvalue weighted by molar-refractivity contribution is 6.46. The molecule has 2 unspecified atom stereocenters. The number of likely N-dealkylation sites (tertiary alicyclic amines) is 1. The number of Topliss-reactive ketones (excluding diaryl/α,β-unsaturated/α-hetero) is 1. The lowest BCUT2D eigenvalue weighted by atomic mass is 9.94. The highest BCUT2D eigenvalue weighted by Crippen LogP contribution is 2.43. The summed E-state index contributed by atoms with van der Waals surface area (Å²) >= 11 is 0. The first-order valence-corrected chi connectivity index (χ1v) is 12.4. The fourth-order valence-corrected chi connectivity index (χ4v) is 4.92. The molecule has 0 saturated carbocycles. The molecule has 0 spiro atoms. The molecule has 1 aromatic heterocycles. The van der Waals surface area contributed by atoms with Gasteiger partial charge in [0.2, 0.25) is 0 Å². The van der Waals surface area contributed by atoms with Gasteiger partial charge in [0, 0.05) is 12.0 Å². The molecule has 8 heteroatoms. The number of rotatable bonds is 8. The lowest BCUT2D eigenvalue weighted by Gasteiger charge is -2.25. The first-order valence-electron chi connectivity index (χ1n) is 12.4. The van der Waals surface area contributed by atoms with Gasteiger partial charge in [-0.05, 0) is 74.4 Å². The summed E-state index contributed by atoms with van der Waals surface area (Å²) in [5.74, 6) is 0.620. The SMILES string of the molecule is CCOc1ccc(C2C(=C(O)c3ccc4c(c3)CC(C)O4)C(=O)C(=O)N2Cc2ccco2)cc1OCC. The number of hydrogen-bond acceptors (Lipinski definition) is 7. The molecule has 2 aliphatic rings. The number of carbonyl (C=O) groups excluding carboxylic acids is 2. The first kappa shape index (κ1) is 24.5. The summed E-state index contributed by atoms with van der Waals surface area (Å²) < 4.78 is 22.7. The van der Waals surface area contributed by atoms with Gasteiger partial charge in [-0.25, -0.2) is 0 Å². The fraction of sp³-hybridized carbons (Fsp3) is 0.310. The average molecular weight is 504 g/mol. The van der Waals surface area contributed by atoms with Crippen LogP contribution in [0.5, 0.6) is 17.2 Å². The predicted octanol–water partition coefficient (Wildman–Crippen LogP) is 5.02.